The number of benzene rings is 3. The van der Waals surface area contributed by atoms with Crippen LogP contribution in [0.5, 0.6) is 5.75 Å². The summed E-state index contributed by atoms with van der Waals surface area (Å²) in [6, 6.07) is 16.6. The summed E-state index contributed by atoms with van der Waals surface area (Å²) in [5, 5.41) is 9.13. The molecule has 8 heteroatoms. The minimum atomic E-state index is -1.01. The van der Waals surface area contributed by atoms with Crippen LogP contribution in [0.15, 0.2) is 60.7 Å². The number of fused-ring (bicyclic) bond motifs is 1. The van der Waals surface area contributed by atoms with Gasteiger partial charge in [0.25, 0.3) is 0 Å². The van der Waals surface area contributed by atoms with Crippen molar-refractivity contribution in [2.45, 2.75) is 39.1 Å². The number of anilines is 2. The molecule has 0 atom stereocenters. The molecular formula is C26H27F2N3O3. The molecule has 6 nitrogen and oxygen atoms in total. The lowest BCUT2D eigenvalue weighted by molar-refractivity contribution is 0.251. The molecule has 0 aromatic heterocycles. The second kappa shape index (κ2) is 9.30. The van der Waals surface area contributed by atoms with Crippen LogP contribution >= 0.6 is 0 Å². The smallest absolute Gasteiger partial charge is 0.319 e. The number of carbonyl (C=O) groups is 1. The predicted octanol–water partition coefficient (Wildman–Crippen LogP) is 4.72. The molecule has 3 aromatic rings. The van der Waals surface area contributed by atoms with Gasteiger partial charge in [-0.2, -0.15) is 0 Å². The fourth-order valence-electron chi connectivity index (χ4n) is 4.14. The number of carbonyl (C=O) groups excluding carboxylic acids is 1. The maximum Gasteiger partial charge on any atom is 0.319 e. The van der Waals surface area contributed by atoms with Crippen LogP contribution in [0.1, 0.15) is 30.5 Å². The summed E-state index contributed by atoms with van der Waals surface area (Å²) in [5.74, 6) is -1.29. The normalized spacial score (nSPS) is 14.6. The number of hydrogen-bond donors (Lipinski definition) is 2. The van der Waals surface area contributed by atoms with Gasteiger partial charge in [0, 0.05) is 6.54 Å². The minimum Gasteiger partial charge on any atom is -0.489 e. The summed E-state index contributed by atoms with van der Waals surface area (Å²) in [6.45, 7) is 4.63. The van der Waals surface area contributed by atoms with Crippen molar-refractivity contribution in [3.05, 3.63) is 89.0 Å². The van der Waals surface area contributed by atoms with Crippen molar-refractivity contribution in [2.24, 2.45) is 5.73 Å². The van der Waals surface area contributed by atoms with E-state index in [9.17, 15) is 13.6 Å². The van der Waals surface area contributed by atoms with Crippen LogP contribution in [-0.4, -0.2) is 23.2 Å². The van der Waals surface area contributed by atoms with Crippen LogP contribution in [-0.2, 0) is 19.8 Å². The van der Waals surface area contributed by atoms with Crippen LogP contribution < -0.4 is 20.3 Å². The Morgan fingerprint density at radius 1 is 1.00 bits per heavy atom. The maximum atomic E-state index is 15.0. The van der Waals surface area contributed by atoms with Crippen LogP contribution in [0.2, 0.25) is 0 Å². The SMILES string of the molecule is CC1(C)CN(C(N)=O)c2ccc(F)c(F)c2N1Cc1ccc(COc2ccc(CO)cc2)cc1. The molecule has 0 bridgehead atoms. The van der Waals surface area contributed by atoms with E-state index in [0.29, 0.717) is 18.9 Å². The number of ether oxygens (including phenoxy) is 1. The first-order valence-corrected chi connectivity index (χ1v) is 10.9. The number of nitrogens with two attached hydrogens (primary N) is 1. The Morgan fingerprint density at radius 2 is 1.62 bits per heavy atom. The van der Waals surface area contributed by atoms with Gasteiger partial charge in [0.05, 0.1) is 24.4 Å². The number of rotatable bonds is 6. The number of aliphatic hydroxyl groups is 1. The number of aliphatic hydroxyl groups excluding tert-OH is 1. The average molecular weight is 468 g/mol. The molecule has 0 fully saturated rings. The lowest BCUT2D eigenvalue weighted by Gasteiger charge is -2.48. The third-order valence-corrected chi connectivity index (χ3v) is 6.03. The van der Waals surface area contributed by atoms with E-state index in [1.807, 2.05) is 38.1 Å². The molecule has 1 aliphatic heterocycles. The molecule has 3 N–H and O–H groups in total. The van der Waals surface area contributed by atoms with E-state index in [4.69, 9.17) is 15.6 Å². The van der Waals surface area contributed by atoms with E-state index in [2.05, 4.69) is 0 Å². The Bertz CT molecular complexity index is 1180. The van der Waals surface area contributed by atoms with Gasteiger partial charge < -0.3 is 20.5 Å². The molecule has 34 heavy (non-hydrogen) atoms. The highest BCUT2D eigenvalue weighted by Crippen LogP contribution is 2.43. The average Bonchev–Trinajstić information content (AvgIpc) is 2.82. The summed E-state index contributed by atoms with van der Waals surface area (Å²) in [6.07, 6.45) is 0. The summed E-state index contributed by atoms with van der Waals surface area (Å²) in [5.41, 5.74) is 7.76. The Hall–Kier alpha value is -3.65. The van der Waals surface area contributed by atoms with E-state index >= 15 is 0 Å². The van der Waals surface area contributed by atoms with Crippen molar-refractivity contribution in [3.63, 3.8) is 0 Å². The lowest BCUT2D eigenvalue weighted by atomic mass is 9.94. The van der Waals surface area contributed by atoms with E-state index in [0.717, 1.165) is 22.8 Å². The van der Waals surface area contributed by atoms with Gasteiger partial charge in [0.2, 0.25) is 0 Å². The Balaban J connectivity index is 1.54. The molecule has 0 aliphatic carbocycles. The van der Waals surface area contributed by atoms with Gasteiger partial charge in [-0.1, -0.05) is 36.4 Å². The van der Waals surface area contributed by atoms with Crippen molar-refractivity contribution in [3.8, 4) is 5.75 Å². The maximum absolute atomic E-state index is 15.0. The van der Waals surface area contributed by atoms with Crippen LogP contribution in [0.4, 0.5) is 25.0 Å². The molecule has 0 saturated heterocycles. The molecule has 3 aromatic carbocycles. The summed E-state index contributed by atoms with van der Waals surface area (Å²) in [4.78, 5) is 15.0. The number of nitrogens with zero attached hydrogens (tertiary/aromatic N) is 2. The zero-order valence-electron chi connectivity index (χ0n) is 19.1. The molecule has 1 heterocycles. The molecule has 0 radical (unpaired) electrons. The number of amides is 2. The largest absolute Gasteiger partial charge is 0.489 e. The highest BCUT2D eigenvalue weighted by Gasteiger charge is 2.40. The molecule has 0 spiro atoms. The minimum absolute atomic E-state index is 0.0167. The Labute approximate surface area is 197 Å². The molecule has 2 amide bonds. The molecule has 178 valence electrons. The molecule has 4 rings (SSSR count). The van der Waals surface area contributed by atoms with Gasteiger partial charge in [-0.25, -0.2) is 13.6 Å². The standard InChI is InChI=1S/C26H27F2N3O3/c1-26(2)16-30(25(29)33)22-12-11-21(27)23(28)24(22)31(26)13-17-3-5-19(6-4-17)15-34-20-9-7-18(14-32)8-10-20/h3-12,32H,13-16H2,1-2H3,(H2,29,33). The summed E-state index contributed by atoms with van der Waals surface area (Å²) in [7, 11) is 0. The monoisotopic (exact) mass is 467 g/mol. The van der Waals surface area contributed by atoms with Crippen LogP contribution in [0.25, 0.3) is 0 Å². The quantitative estimate of drug-likeness (QED) is 0.550. The highest BCUT2D eigenvalue weighted by atomic mass is 19.2. The fourth-order valence-corrected chi connectivity index (χ4v) is 4.14. The van der Waals surface area contributed by atoms with Gasteiger partial charge in [-0.3, -0.25) is 4.90 Å². The molecule has 0 saturated carbocycles. The summed E-state index contributed by atoms with van der Waals surface area (Å²) < 4.78 is 34.9. The third-order valence-electron chi connectivity index (χ3n) is 6.03. The van der Waals surface area contributed by atoms with Crippen LogP contribution in [0, 0.1) is 11.6 Å². The summed E-state index contributed by atoms with van der Waals surface area (Å²) >= 11 is 0. The zero-order chi connectivity index (χ0) is 24.5. The number of primary amides is 1. The van der Waals surface area contributed by atoms with Crippen molar-refractivity contribution >= 4 is 17.4 Å². The predicted molar refractivity (Wildman–Crippen MR) is 127 cm³/mol. The zero-order valence-corrected chi connectivity index (χ0v) is 19.1. The second-order valence-electron chi connectivity index (χ2n) is 8.96. The van der Waals surface area contributed by atoms with Crippen molar-refractivity contribution in [1.82, 2.24) is 0 Å². The molecular weight excluding hydrogens is 440 g/mol. The highest BCUT2D eigenvalue weighted by molar-refractivity contribution is 5.96. The number of halogens is 2. The first-order valence-electron chi connectivity index (χ1n) is 10.9. The number of hydrogen-bond acceptors (Lipinski definition) is 4. The van der Waals surface area contributed by atoms with Crippen LogP contribution in [0.3, 0.4) is 0 Å². The number of urea groups is 1. The Morgan fingerprint density at radius 3 is 2.24 bits per heavy atom. The first-order chi connectivity index (χ1) is 16.2. The van der Waals surface area contributed by atoms with Crippen molar-refractivity contribution in [1.29, 1.82) is 0 Å². The van der Waals surface area contributed by atoms with Crippen molar-refractivity contribution < 1.29 is 23.4 Å². The van der Waals surface area contributed by atoms with E-state index in [-0.39, 0.29) is 24.5 Å². The Kier molecular flexibility index (Phi) is 6.43. The second-order valence-corrected chi connectivity index (χ2v) is 8.96. The van der Waals surface area contributed by atoms with Gasteiger partial charge in [0.15, 0.2) is 11.6 Å². The van der Waals surface area contributed by atoms with Gasteiger partial charge in [-0.05, 0) is 54.8 Å². The van der Waals surface area contributed by atoms with Gasteiger partial charge in [0.1, 0.15) is 18.0 Å². The first kappa shape index (κ1) is 23.5. The lowest BCUT2D eigenvalue weighted by Crippen LogP contribution is -2.58. The molecule has 0 unspecified atom stereocenters. The topological polar surface area (TPSA) is 79.0 Å². The van der Waals surface area contributed by atoms with Crippen molar-refractivity contribution in [2.75, 3.05) is 16.3 Å². The van der Waals surface area contributed by atoms with Gasteiger partial charge in [-0.15, -0.1) is 0 Å². The van der Waals surface area contributed by atoms with E-state index < -0.39 is 23.2 Å². The van der Waals surface area contributed by atoms with E-state index in [1.54, 1.807) is 29.2 Å². The molecule has 1 aliphatic rings. The van der Waals surface area contributed by atoms with Gasteiger partial charge >= 0.3 is 6.03 Å². The van der Waals surface area contributed by atoms with E-state index in [1.165, 1.54) is 11.0 Å². The fraction of sp³-hybridized carbons (Fsp3) is 0.269. The third kappa shape index (κ3) is 4.68.